The molecule has 9 heteroatoms. The number of rotatable bonds is 3. The fourth-order valence-corrected chi connectivity index (χ4v) is 5.31. The molecule has 166 valence electrons. The number of piperazine rings is 1. The van der Waals surface area contributed by atoms with Crippen molar-refractivity contribution in [2.75, 3.05) is 13.1 Å². The number of carbonyl (C=O) groups is 2. The predicted molar refractivity (Wildman–Crippen MR) is 101 cm³/mol. The van der Waals surface area contributed by atoms with Crippen molar-refractivity contribution >= 4 is 23.4 Å². The SMILES string of the molecule is CC1(C)C(=O)N(C2CCC(Cl)CC2F)CC(=O)N1CC1CCC(C(F)(F)F)CC1. The quantitative estimate of drug-likeness (QED) is 0.485. The van der Waals surface area contributed by atoms with E-state index >= 15 is 0 Å². The highest BCUT2D eigenvalue weighted by atomic mass is 35.5. The molecule has 2 aliphatic carbocycles. The zero-order chi connectivity index (χ0) is 21.6. The first-order valence-corrected chi connectivity index (χ1v) is 10.8. The molecule has 0 aromatic carbocycles. The van der Waals surface area contributed by atoms with Crippen molar-refractivity contribution in [3.63, 3.8) is 0 Å². The Morgan fingerprint density at radius 1 is 1.07 bits per heavy atom. The van der Waals surface area contributed by atoms with Gasteiger partial charge in [0, 0.05) is 11.9 Å². The van der Waals surface area contributed by atoms with Gasteiger partial charge in [-0.25, -0.2) is 4.39 Å². The molecule has 0 aromatic rings. The van der Waals surface area contributed by atoms with Crippen LogP contribution < -0.4 is 0 Å². The number of hydrogen-bond acceptors (Lipinski definition) is 2. The average Bonchev–Trinajstić information content (AvgIpc) is 2.62. The van der Waals surface area contributed by atoms with Crippen LogP contribution in [0, 0.1) is 11.8 Å². The third-order valence-electron chi connectivity index (χ3n) is 6.89. The van der Waals surface area contributed by atoms with E-state index in [1.807, 2.05) is 0 Å². The molecule has 3 rings (SSSR count). The zero-order valence-corrected chi connectivity index (χ0v) is 17.6. The Labute approximate surface area is 173 Å². The number of amides is 2. The van der Waals surface area contributed by atoms with Gasteiger partial charge in [0.25, 0.3) is 0 Å². The summed E-state index contributed by atoms with van der Waals surface area (Å²) in [5, 5.41) is -0.256. The molecule has 0 bridgehead atoms. The molecule has 2 saturated carbocycles. The summed E-state index contributed by atoms with van der Waals surface area (Å²) in [7, 11) is 0. The van der Waals surface area contributed by atoms with Crippen molar-refractivity contribution in [1.29, 1.82) is 0 Å². The highest BCUT2D eigenvalue weighted by molar-refractivity contribution is 6.20. The maximum Gasteiger partial charge on any atom is 0.391 e. The van der Waals surface area contributed by atoms with Gasteiger partial charge in [-0.3, -0.25) is 9.59 Å². The van der Waals surface area contributed by atoms with E-state index in [2.05, 4.69) is 0 Å². The number of nitrogens with zero attached hydrogens (tertiary/aromatic N) is 2. The molecule has 0 N–H and O–H groups in total. The first-order chi connectivity index (χ1) is 13.4. The third-order valence-corrected chi connectivity index (χ3v) is 7.29. The fourth-order valence-electron chi connectivity index (χ4n) is 5.01. The second-order valence-electron chi connectivity index (χ2n) is 9.25. The minimum absolute atomic E-state index is 0.0574. The summed E-state index contributed by atoms with van der Waals surface area (Å²) < 4.78 is 53.2. The summed E-state index contributed by atoms with van der Waals surface area (Å²) in [6.07, 6.45) is -3.37. The molecule has 1 heterocycles. The molecule has 0 radical (unpaired) electrons. The summed E-state index contributed by atoms with van der Waals surface area (Å²) in [5.74, 6) is -1.91. The van der Waals surface area contributed by atoms with Crippen molar-refractivity contribution in [3.8, 4) is 0 Å². The van der Waals surface area contributed by atoms with Gasteiger partial charge in [-0.05, 0) is 64.7 Å². The molecule has 3 unspecified atom stereocenters. The first-order valence-electron chi connectivity index (χ1n) is 10.4. The van der Waals surface area contributed by atoms with E-state index in [0.29, 0.717) is 25.7 Å². The average molecular weight is 441 g/mol. The van der Waals surface area contributed by atoms with Crippen molar-refractivity contribution in [1.82, 2.24) is 9.80 Å². The molecule has 0 spiro atoms. The maximum atomic E-state index is 14.5. The van der Waals surface area contributed by atoms with Crippen LogP contribution in [-0.2, 0) is 9.59 Å². The van der Waals surface area contributed by atoms with Crippen LogP contribution >= 0.6 is 11.6 Å². The van der Waals surface area contributed by atoms with Crippen LogP contribution in [0.25, 0.3) is 0 Å². The van der Waals surface area contributed by atoms with Crippen LogP contribution in [0.3, 0.4) is 0 Å². The largest absolute Gasteiger partial charge is 0.391 e. The normalized spacial score (nSPS) is 36.4. The van der Waals surface area contributed by atoms with Gasteiger partial charge in [0.2, 0.25) is 11.8 Å². The summed E-state index contributed by atoms with van der Waals surface area (Å²) in [4.78, 5) is 28.9. The van der Waals surface area contributed by atoms with E-state index < -0.39 is 29.8 Å². The van der Waals surface area contributed by atoms with Gasteiger partial charge in [0.05, 0.1) is 12.0 Å². The Kier molecular flexibility index (Phi) is 6.42. The van der Waals surface area contributed by atoms with Crippen LogP contribution in [0.4, 0.5) is 17.6 Å². The molecular formula is C20H29ClF4N2O2. The highest BCUT2D eigenvalue weighted by Crippen LogP contribution is 2.41. The number of hydrogen-bond donors (Lipinski definition) is 0. The van der Waals surface area contributed by atoms with Crippen molar-refractivity contribution in [2.24, 2.45) is 11.8 Å². The van der Waals surface area contributed by atoms with Gasteiger partial charge in [-0.1, -0.05) is 0 Å². The molecule has 3 fully saturated rings. The second kappa shape index (κ2) is 8.23. The van der Waals surface area contributed by atoms with E-state index in [-0.39, 0.29) is 55.5 Å². The monoisotopic (exact) mass is 440 g/mol. The summed E-state index contributed by atoms with van der Waals surface area (Å²) >= 11 is 6.02. The first kappa shape index (κ1) is 22.6. The minimum Gasteiger partial charge on any atom is -0.327 e. The van der Waals surface area contributed by atoms with E-state index in [4.69, 9.17) is 11.6 Å². The third kappa shape index (κ3) is 4.67. The van der Waals surface area contributed by atoms with E-state index in [0.717, 1.165) is 0 Å². The Hall–Kier alpha value is -1.05. The molecule has 29 heavy (non-hydrogen) atoms. The lowest BCUT2D eigenvalue weighted by Gasteiger charge is -2.50. The van der Waals surface area contributed by atoms with Crippen molar-refractivity contribution < 1.29 is 27.2 Å². The molecule has 0 aromatic heterocycles. The maximum absolute atomic E-state index is 14.5. The zero-order valence-electron chi connectivity index (χ0n) is 16.9. The minimum atomic E-state index is -4.17. The number of carbonyl (C=O) groups excluding carboxylic acids is 2. The van der Waals surface area contributed by atoms with Crippen LogP contribution in [0.2, 0.25) is 0 Å². The summed E-state index contributed by atoms with van der Waals surface area (Å²) in [6, 6.07) is -0.648. The smallest absolute Gasteiger partial charge is 0.327 e. The Morgan fingerprint density at radius 3 is 2.24 bits per heavy atom. The van der Waals surface area contributed by atoms with Crippen molar-refractivity contribution in [2.45, 2.75) is 88.1 Å². The number of alkyl halides is 5. The van der Waals surface area contributed by atoms with Crippen LogP contribution in [0.1, 0.15) is 58.8 Å². The lowest BCUT2D eigenvalue weighted by molar-refractivity contribution is -0.185. The lowest BCUT2D eigenvalue weighted by Crippen LogP contribution is -2.69. The topological polar surface area (TPSA) is 40.6 Å². The van der Waals surface area contributed by atoms with Gasteiger partial charge < -0.3 is 9.80 Å². The molecule has 1 saturated heterocycles. The molecule has 3 aliphatic rings. The lowest BCUT2D eigenvalue weighted by atomic mass is 9.80. The van der Waals surface area contributed by atoms with Gasteiger partial charge in [-0.15, -0.1) is 11.6 Å². The Balaban J connectivity index is 1.65. The molecule has 3 atom stereocenters. The fraction of sp³-hybridized carbons (Fsp3) is 0.900. The van der Waals surface area contributed by atoms with Gasteiger partial charge in [0.15, 0.2) is 0 Å². The Morgan fingerprint density at radius 2 is 1.69 bits per heavy atom. The Bertz CT molecular complexity index is 634. The van der Waals surface area contributed by atoms with Crippen molar-refractivity contribution in [3.05, 3.63) is 0 Å². The molecule has 1 aliphatic heterocycles. The molecule has 4 nitrogen and oxygen atoms in total. The van der Waals surface area contributed by atoms with Crippen LogP contribution in [0.15, 0.2) is 0 Å². The standard InChI is InChI=1S/C20H29ClF4N2O2/c1-19(2)18(29)26(16-8-7-14(21)9-15(16)22)11-17(28)27(19)10-12-3-5-13(6-4-12)20(23,24)25/h12-16H,3-11H2,1-2H3. The van der Waals surface area contributed by atoms with E-state index in [9.17, 15) is 27.2 Å². The van der Waals surface area contributed by atoms with Gasteiger partial charge in [0.1, 0.15) is 18.3 Å². The van der Waals surface area contributed by atoms with Gasteiger partial charge in [-0.2, -0.15) is 13.2 Å². The molecule has 2 amide bonds. The highest BCUT2D eigenvalue weighted by Gasteiger charge is 2.50. The summed E-state index contributed by atoms with van der Waals surface area (Å²) in [6.45, 7) is 3.37. The molecular weight excluding hydrogens is 412 g/mol. The van der Waals surface area contributed by atoms with E-state index in [1.54, 1.807) is 13.8 Å². The summed E-state index contributed by atoms with van der Waals surface area (Å²) in [5.41, 5.74) is -1.15. The van der Waals surface area contributed by atoms with Crippen LogP contribution in [-0.4, -0.2) is 64.0 Å². The predicted octanol–water partition coefficient (Wildman–Crippen LogP) is 4.30. The second-order valence-corrected chi connectivity index (χ2v) is 9.87. The van der Waals surface area contributed by atoms with E-state index in [1.165, 1.54) is 9.80 Å². The van der Waals surface area contributed by atoms with Crippen LogP contribution in [0.5, 0.6) is 0 Å². The van der Waals surface area contributed by atoms with Gasteiger partial charge >= 0.3 is 6.18 Å². The number of halogens is 5.